The van der Waals surface area contributed by atoms with Crippen LogP contribution < -0.4 is 15.5 Å². The van der Waals surface area contributed by atoms with Gasteiger partial charge in [0.15, 0.2) is 0 Å². The number of aromatic nitrogens is 4. The lowest BCUT2D eigenvalue weighted by molar-refractivity contribution is -0.208. The molecule has 4 saturated heterocycles. The molecule has 8 rings (SSSR count). The van der Waals surface area contributed by atoms with Crippen LogP contribution in [0.3, 0.4) is 0 Å². The molecule has 10 heteroatoms. The second kappa shape index (κ2) is 8.14. The SMILES string of the molecule is CN(C)C(=O)c1cc2cnc(Nc3ccc(N4C[C@@H]5CC[C@@]6(CC4O6)N5)cn3)nc2n1C1CCCC1. The molecule has 5 aliphatic rings. The van der Waals surface area contributed by atoms with E-state index in [0.717, 1.165) is 55.4 Å². The van der Waals surface area contributed by atoms with E-state index in [1.165, 1.54) is 12.8 Å². The number of amides is 1. The molecule has 3 aromatic heterocycles. The third-order valence-corrected chi connectivity index (χ3v) is 8.20. The normalized spacial score (nSPS) is 27.2. The summed E-state index contributed by atoms with van der Waals surface area (Å²) in [7, 11) is 3.57. The Morgan fingerprint density at radius 2 is 2.03 bits per heavy atom. The standard InChI is InChI=1S/C26H32N8O2/c1-32(2)24(35)20-11-16-13-28-25(30-23(16)34(20)18-5-3-4-6-18)29-21-8-7-19(14-27-21)33-15-17-9-10-26(31-17)12-22(33)36-26/h7-8,11,13-14,17-18,22,31H,3-6,9-10,12,15H2,1-2H3,(H,27,28,29,30)/t17-,22?,26+/m0/s1. The lowest BCUT2D eigenvalue weighted by Gasteiger charge is -2.48. The van der Waals surface area contributed by atoms with Crippen molar-refractivity contribution in [1.29, 1.82) is 0 Å². The van der Waals surface area contributed by atoms with Crippen molar-refractivity contribution in [2.45, 2.75) is 69.0 Å². The molecule has 1 unspecified atom stereocenters. The third kappa shape index (κ3) is 3.54. The highest BCUT2D eigenvalue weighted by Gasteiger charge is 2.55. The molecule has 1 spiro atoms. The Kier molecular flexibility index (Phi) is 4.97. The van der Waals surface area contributed by atoms with Crippen LogP contribution in [0.2, 0.25) is 0 Å². The Labute approximate surface area is 210 Å². The molecule has 1 saturated carbocycles. The summed E-state index contributed by atoms with van der Waals surface area (Å²) in [4.78, 5) is 30.9. The van der Waals surface area contributed by atoms with Crippen LogP contribution in [0.5, 0.6) is 0 Å². The lowest BCUT2D eigenvalue weighted by atomic mass is 9.97. The molecule has 0 aromatic carbocycles. The molecule has 2 N–H and O–H groups in total. The summed E-state index contributed by atoms with van der Waals surface area (Å²) >= 11 is 0. The van der Waals surface area contributed by atoms with E-state index in [4.69, 9.17) is 9.72 Å². The van der Waals surface area contributed by atoms with Gasteiger partial charge < -0.3 is 24.4 Å². The third-order valence-electron chi connectivity index (χ3n) is 8.20. The van der Waals surface area contributed by atoms with Crippen LogP contribution >= 0.6 is 0 Å². The Bertz CT molecular complexity index is 1310. The number of fused-ring (bicyclic) bond motifs is 2. The van der Waals surface area contributed by atoms with E-state index in [-0.39, 0.29) is 23.9 Å². The molecular weight excluding hydrogens is 456 g/mol. The smallest absolute Gasteiger partial charge is 0.270 e. The summed E-state index contributed by atoms with van der Waals surface area (Å²) in [5.41, 5.74) is 2.45. The average Bonchev–Trinajstić information content (AvgIpc) is 3.55. The van der Waals surface area contributed by atoms with Gasteiger partial charge in [0.25, 0.3) is 5.91 Å². The first-order chi connectivity index (χ1) is 17.5. The van der Waals surface area contributed by atoms with Gasteiger partial charge >= 0.3 is 0 Å². The molecule has 3 bridgehead atoms. The van der Waals surface area contributed by atoms with E-state index in [2.05, 4.69) is 36.1 Å². The van der Waals surface area contributed by atoms with Crippen LogP contribution in [0.15, 0.2) is 30.6 Å². The van der Waals surface area contributed by atoms with E-state index in [0.29, 0.717) is 23.5 Å². The van der Waals surface area contributed by atoms with Gasteiger partial charge in [-0.25, -0.2) is 9.97 Å². The van der Waals surface area contributed by atoms with Crippen molar-refractivity contribution >= 4 is 34.4 Å². The predicted octanol–water partition coefficient (Wildman–Crippen LogP) is 3.40. The van der Waals surface area contributed by atoms with Gasteiger partial charge in [-0.05, 0) is 43.9 Å². The maximum atomic E-state index is 12.9. The Morgan fingerprint density at radius 3 is 2.78 bits per heavy atom. The van der Waals surface area contributed by atoms with Crippen molar-refractivity contribution in [1.82, 2.24) is 29.7 Å². The topological polar surface area (TPSA) is 100 Å². The van der Waals surface area contributed by atoms with E-state index >= 15 is 0 Å². The van der Waals surface area contributed by atoms with Crippen molar-refractivity contribution in [3.63, 3.8) is 0 Å². The highest BCUT2D eigenvalue weighted by molar-refractivity contribution is 5.97. The first-order valence-corrected chi connectivity index (χ1v) is 13.0. The van der Waals surface area contributed by atoms with Gasteiger partial charge in [0.1, 0.15) is 29.1 Å². The Morgan fingerprint density at radius 1 is 1.19 bits per heavy atom. The fourth-order valence-electron chi connectivity index (χ4n) is 6.39. The molecule has 3 aromatic rings. The molecule has 1 amide bonds. The average molecular weight is 489 g/mol. The zero-order valence-electron chi connectivity index (χ0n) is 20.8. The molecule has 4 aliphatic heterocycles. The number of anilines is 3. The number of nitrogens with zero attached hydrogens (tertiary/aromatic N) is 6. The molecular formula is C26H32N8O2. The highest BCUT2D eigenvalue weighted by Crippen LogP contribution is 2.45. The zero-order valence-corrected chi connectivity index (χ0v) is 20.8. The minimum absolute atomic E-state index is 0.00929. The van der Waals surface area contributed by atoms with Crippen molar-refractivity contribution in [3.05, 3.63) is 36.3 Å². The van der Waals surface area contributed by atoms with Crippen LogP contribution in [-0.4, -0.2) is 69.0 Å². The van der Waals surface area contributed by atoms with Gasteiger partial charge in [-0.1, -0.05) is 12.8 Å². The predicted molar refractivity (Wildman–Crippen MR) is 136 cm³/mol. The maximum absolute atomic E-state index is 12.9. The Hall–Kier alpha value is -3.24. The minimum atomic E-state index is -0.0812. The fourth-order valence-corrected chi connectivity index (χ4v) is 6.39. The van der Waals surface area contributed by atoms with Crippen LogP contribution in [0.25, 0.3) is 11.0 Å². The number of nitrogens with one attached hydrogen (secondary N) is 2. The Balaban J connectivity index is 1.15. The van der Waals surface area contributed by atoms with E-state index in [1.807, 2.05) is 18.3 Å². The van der Waals surface area contributed by atoms with Gasteiger partial charge in [-0.3, -0.25) is 10.1 Å². The quantitative estimate of drug-likeness (QED) is 0.564. The summed E-state index contributed by atoms with van der Waals surface area (Å²) in [5.74, 6) is 1.15. The van der Waals surface area contributed by atoms with Crippen LogP contribution in [-0.2, 0) is 4.74 Å². The summed E-state index contributed by atoms with van der Waals surface area (Å²) in [5, 5.41) is 7.79. The maximum Gasteiger partial charge on any atom is 0.270 e. The molecule has 36 heavy (non-hydrogen) atoms. The molecule has 1 aliphatic carbocycles. The first kappa shape index (κ1) is 22.0. The van der Waals surface area contributed by atoms with Crippen LogP contribution in [0, 0.1) is 0 Å². The number of rotatable bonds is 5. The van der Waals surface area contributed by atoms with E-state index in [9.17, 15) is 4.79 Å². The van der Waals surface area contributed by atoms with Crippen LogP contribution in [0.4, 0.5) is 17.5 Å². The number of carbonyl (C=O) groups is 1. The molecule has 5 fully saturated rings. The summed E-state index contributed by atoms with van der Waals surface area (Å²) in [6.45, 7) is 0.937. The van der Waals surface area contributed by atoms with Crippen molar-refractivity contribution in [2.24, 2.45) is 0 Å². The highest BCUT2D eigenvalue weighted by atomic mass is 16.6. The molecule has 3 atom stereocenters. The number of hydrogen-bond donors (Lipinski definition) is 2. The largest absolute Gasteiger partial charge is 0.343 e. The summed E-state index contributed by atoms with van der Waals surface area (Å²) in [6, 6.07) is 6.72. The molecule has 0 radical (unpaired) electrons. The zero-order chi connectivity index (χ0) is 24.4. The second-order valence-corrected chi connectivity index (χ2v) is 10.8. The number of hydrogen-bond acceptors (Lipinski definition) is 8. The van der Waals surface area contributed by atoms with Gasteiger partial charge in [0.05, 0.1) is 11.9 Å². The van der Waals surface area contributed by atoms with Crippen molar-refractivity contribution in [2.75, 3.05) is 30.9 Å². The number of pyridine rings is 1. The molecule has 188 valence electrons. The van der Waals surface area contributed by atoms with Gasteiger partial charge in [0, 0.05) is 50.7 Å². The van der Waals surface area contributed by atoms with Gasteiger partial charge in [0.2, 0.25) is 5.95 Å². The fraction of sp³-hybridized carbons (Fsp3) is 0.538. The van der Waals surface area contributed by atoms with E-state index in [1.54, 1.807) is 25.2 Å². The molecule has 10 nitrogen and oxygen atoms in total. The summed E-state index contributed by atoms with van der Waals surface area (Å²) < 4.78 is 8.35. The van der Waals surface area contributed by atoms with E-state index < -0.39 is 0 Å². The van der Waals surface area contributed by atoms with Crippen molar-refractivity contribution in [3.8, 4) is 0 Å². The van der Waals surface area contributed by atoms with Gasteiger partial charge in [-0.15, -0.1) is 0 Å². The van der Waals surface area contributed by atoms with Gasteiger partial charge in [-0.2, -0.15) is 4.98 Å². The molecule has 7 heterocycles. The second-order valence-electron chi connectivity index (χ2n) is 10.8. The number of ether oxygens (including phenoxy) is 1. The first-order valence-electron chi connectivity index (χ1n) is 13.0. The van der Waals surface area contributed by atoms with Crippen molar-refractivity contribution < 1.29 is 9.53 Å². The van der Waals surface area contributed by atoms with Crippen LogP contribution in [0.1, 0.15) is 61.5 Å². The monoisotopic (exact) mass is 488 g/mol. The lowest BCUT2D eigenvalue weighted by Crippen LogP contribution is -2.59. The minimum Gasteiger partial charge on any atom is -0.343 e. The number of carbonyl (C=O) groups excluding carboxylic acids is 1. The summed E-state index contributed by atoms with van der Waals surface area (Å²) in [6.07, 6.45) is 11.6.